The number of pyridine rings is 1. The van der Waals surface area contributed by atoms with E-state index >= 15 is 0 Å². The number of hydrogen-bond donors (Lipinski definition) is 0. The van der Waals surface area contributed by atoms with Crippen LogP contribution in [0.25, 0.3) is 10.8 Å². The number of benzene rings is 2. The molecule has 1 saturated heterocycles. The van der Waals surface area contributed by atoms with Gasteiger partial charge in [-0.15, -0.1) is 0 Å². The fourth-order valence-corrected chi connectivity index (χ4v) is 5.21. The molecule has 29 heavy (non-hydrogen) atoms. The highest BCUT2D eigenvalue weighted by Crippen LogP contribution is 2.36. The normalized spacial score (nSPS) is 17.5. The Bertz CT molecular complexity index is 1160. The first-order chi connectivity index (χ1) is 14.1. The van der Waals surface area contributed by atoms with Gasteiger partial charge in [0.2, 0.25) is 16.8 Å². The van der Waals surface area contributed by atoms with Gasteiger partial charge in [0.1, 0.15) is 11.9 Å². The fraction of sp³-hybridized carbons (Fsp3) is 0.286. The Labute approximate surface area is 168 Å². The van der Waals surface area contributed by atoms with Gasteiger partial charge in [0, 0.05) is 36.9 Å². The Balaban J connectivity index is 1.26. The molecule has 0 aliphatic carbocycles. The molecule has 2 aliphatic heterocycles. The Kier molecular flexibility index (Phi) is 4.52. The monoisotopic (exact) mass is 412 g/mol. The van der Waals surface area contributed by atoms with E-state index in [1.165, 1.54) is 4.31 Å². The molecule has 0 unspecified atom stereocenters. The van der Waals surface area contributed by atoms with Crippen molar-refractivity contribution in [2.24, 2.45) is 0 Å². The van der Waals surface area contributed by atoms with Crippen molar-refractivity contribution in [1.29, 1.82) is 0 Å². The summed E-state index contributed by atoms with van der Waals surface area (Å²) < 4.78 is 44.4. The van der Waals surface area contributed by atoms with E-state index in [1.54, 1.807) is 24.5 Å². The van der Waals surface area contributed by atoms with Gasteiger partial charge < -0.3 is 14.2 Å². The molecular weight excluding hydrogens is 392 g/mol. The van der Waals surface area contributed by atoms with Crippen molar-refractivity contribution >= 4 is 20.8 Å². The highest BCUT2D eigenvalue weighted by Gasteiger charge is 2.30. The molecule has 0 N–H and O–H groups in total. The lowest BCUT2D eigenvalue weighted by atomic mass is 10.1. The minimum absolute atomic E-state index is 0.0392. The maximum Gasteiger partial charge on any atom is 0.243 e. The average Bonchev–Trinajstić information content (AvgIpc) is 3.22. The van der Waals surface area contributed by atoms with E-state index < -0.39 is 10.0 Å². The van der Waals surface area contributed by atoms with Gasteiger partial charge in [-0.2, -0.15) is 4.31 Å². The second-order valence-electron chi connectivity index (χ2n) is 7.12. The van der Waals surface area contributed by atoms with Crippen molar-refractivity contribution in [3.63, 3.8) is 0 Å². The van der Waals surface area contributed by atoms with Crippen molar-refractivity contribution in [1.82, 2.24) is 9.29 Å². The quantitative estimate of drug-likeness (QED) is 0.655. The van der Waals surface area contributed by atoms with Crippen LogP contribution in [-0.4, -0.2) is 43.7 Å². The minimum Gasteiger partial charge on any atom is -0.490 e. The molecule has 1 aromatic heterocycles. The number of sulfonamides is 1. The van der Waals surface area contributed by atoms with Crippen molar-refractivity contribution in [2.45, 2.75) is 23.8 Å². The molecule has 7 nitrogen and oxygen atoms in total. The molecule has 1 fully saturated rings. The molecule has 0 saturated carbocycles. The number of piperidine rings is 1. The summed E-state index contributed by atoms with van der Waals surface area (Å²) >= 11 is 0. The number of aromatic nitrogens is 1. The molecule has 8 heteroatoms. The summed E-state index contributed by atoms with van der Waals surface area (Å²) in [6, 6.07) is 12.5. The Morgan fingerprint density at radius 2 is 1.79 bits per heavy atom. The topological polar surface area (TPSA) is 78.0 Å². The Hall–Kier alpha value is -2.84. The van der Waals surface area contributed by atoms with Gasteiger partial charge in [0.05, 0.1) is 4.90 Å². The molecular formula is C21H20N2O5S. The molecule has 0 atom stereocenters. The zero-order valence-corrected chi connectivity index (χ0v) is 16.5. The molecule has 0 spiro atoms. The van der Waals surface area contributed by atoms with Crippen LogP contribution in [0.5, 0.6) is 17.2 Å². The summed E-state index contributed by atoms with van der Waals surface area (Å²) in [6.45, 7) is 1.06. The Morgan fingerprint density at radius 1 is 0.966 bits per heavy atom. The van der Waals surface area contributed by atoms with Crippen LogP contribution in [0.1, 0.15) is 12.8 Å². The summed E-state index contributed by atoms with van der Waals surface area (Å²) in [6.07, 6.45) is 4.59. The summed E-state index contributed by atoms with van der Waals surface area (Å²) in [4.78, 5) is 4.38. The van der Waals surface area contributed by atoms with Crippen LogP contribution >= 0.6 is 0 Å². The van der Waals surface area contributed by atoms with Crippen LogP contribution in [-0.2, 0) is 10.0 Å². The average molecular weight is 412 g/mol. The summed E-state index contributed by atoms with van der Waals surface area (Å²) in [5, 5.41) is 1.78. The van der Waals surface area contributed by atoms with Crippen LogP contribution in [0.2, 0.25) is 0 Å². The van der Waals surface area contributed by atoms with Crippen LogP contribution in [0.4, 0.5) is 0 Å². The van der Waals surface area contributed by atoms with Gasteiger partial charge in [0.15, 0.2) is 11.5 Å². The molecule has 0 radical (unpaired) electrons. The summed E-state index contributed by atoms with van der Waals surface area (Å²) in [5.41, 5.74) is 0. The third-order valence-corrected chi connectivity index (χ3v) is 7.19. The van der Waals surface area contributed by atoms with E-state index in [-0.39, 0.29) is 12.9 Å². The van der Waals surface area contributed by atoms with E-state index in [4.69, 9.17) is 14.2 Å². The van der Waals surface area contributed by atoms with Crippen LogP contribution in [0.3, 0.4) is 0 Å². The lowest BCUT2D eigenvalue weighted by Gasteiger charge is -2.31. The zero-order chi connectivity index (χ0) is 19.8. The van der Waals surface area contributed by atoms with Gasteiger partial charge in [-0.3, -0.25) is 4.98 Å². The highest BCUT2D eigenvalue weighted by atomic mass is 32.2. The van der Waals surface area contributed by atoms with E-state index in [0.29, 0.717) is 48.1 Å². The van der Waals surface area contributed by atoms with Gasteiger partial charge in [-0.25, -0.2) is 8.42 Å². The highest BCUT2D eigenvalue weighted by molar-refractivity contribution is 7.89. The molecule has 5 rings (SSSR count). The second-order valence-corrected chi connectivity index (χ2v) is 9.06. The number of fused-ring (bicyclic) bond motifs is 2. The smallest absolute Gasteiger partial charge is 0.243 e. The summed E-state index contributed by atoms with van der Waals surface area (Å²) in [5.74, 6) is 2.09. The van der Waals surface area contributed by atoms with Crippen molar-refractivity contribution in [3.05, 3.63) is 54.9 Å². The van der Waals surface area contributed by atoms with E-state index in [2.05, 4.69) is 4.98 Å². The molecule has 150 valence electrons. The largest absolute Gasteiger partial charge is 0.490 e. The number of rotatable bonds is 4. The maximum atomic E-state index is 13.1. The molecule has 2 aliphatic rings. The predicted octanol–water partition coefficient (Wildman–Crippen LogP) is 3.20. The third-order valence-electron chi connectivity index (χ3n) is 5.30. The van der Waals surface area contributed by atoms with Crippen molar-refractivity contribution < 1.29 is 22.6 Å². The van der Waals surface area contributed by atoms with Crippen molar-refractivity contribution in [3.8, 4) is 17.2 Å². The maximum absolute atomic E-state index is 13.1. The number of nitrogens with zero attached hydrogens (tertiary/aromatic N) is 2. The standard InChI is InChI=1S/C21H20N2O5S/c24-29(25,19-3-1-15-5-8-22-13-16(15)11-19)23-9-6-17(7-10-23)28-18-2-4-20-21(12-18)27-14-26-20/h1-5,8,11-13,17H,6-7,9-10,14H2. The van der Waals surface area contributed by atoms with E-state index in [0.717, 1.165) is 10.8 Å². The second kappa shape index (κ2) is 7.20. The first-order valence-corrected chi connectivity index (χ1v) is 10.9. The van der Waals surface area contributed by atoms with Gasteiger partial charge in [0.25, 0.3) is 0 Å². The minimum atomic E-state index is -3.54. The van der Waals surface area contributed by atoms with Gasteiger partial charge in [-0.05, 0) is 48.6 Å². The predicted molar refractivity (Wildman–Crippen MR) is 107 cm³/mol. The van der Waals surface area contributed by atoms with Crippen molar-refractivity contribution in [2.75, 3.05) is 19.9 Å². The Morgan fingerprint density at radius 3 is 2.66 bits per heavy atom. The van der Waals surface area contributed by atoms with Crippen LogP contribution in [0, 0.1) is 0 Å². The first kappa shape index (κ1) is 18.2. The number of hydrogen-bond acceptors (Lipinski definition) is 6. The first-order valence-electron chi connectivity index (χ1n) is 9.50. The zero-order valence-electron chi connectivity index (χ0n) is 15.7. The third kappa shape index (κ3) is 3.49. The van der Waals surface area contributed by atoms with E-state index in [1.807, 2.05) is 30.3 Å². The molecule has 0 amide bonds. The van der Waals surface area contributed by atoms with Gasteiger partial charge in [-0.1, -0.05) is 6.07 Å². The molecule has 2 aromatic carbocycles. The molecule has 3 aromatic rings. The molecule has 0 bridgehead atoms. The molecule has 3 heterocycles. The lowest BCUT2D eigenvalue weighted by molar-refractivity contribution is 0.134. The van der Waals surface area contributed by atoms with Gasteiger partial charge >= 0.3 is 0 Å². The van der Waals surface area contributed by atoms with Crippen LogP contribution < -0.4 is 14.2 Å². The van der Waals surface area contributed by atoms with E-state index in [9.17, 15) is 8.42 Å². The number of ether oxygens (including phenoxy) is 3. The van der Waals surface area contributed by atoms with Crippen LogP contribution in [0.15, 0.2) is 59.8 Å². The summed E-state index contributed by atoms with van der Waals surface area (Å²) in [7, 11) is -3.54. The fourth-order valence-electron chi connectivity index (χ4n) is 3.71. The lowest BCUT2D eigenvalue weighted by Crippen LogP contribution is -2.41. The SMILES string of the molecule is O=S(=O)(c1ccc2ccncc2c1)N1CCC(Oc2ccc3c(c2)OCO3)CC1.